The fourth-order valence-corrected chi connectivity index (χ4v) is 8.86. The average molecular weight is 529 g/mol. The number of ether oxygens (including phenoxy) is 2. The summed E-state index contributed by atoms with van der Waals surface area (Å²) >= 11 is 3.29. The molecule has 0 aliphatic heterocycles. The number of thioether (sulfide) groups is 2. The van der Waals surface area contributed by atoms with Crippen molar-refractivity contribution >= 4 is 43.8 Å². The highest BCUT2D eigenvalue weighted by Gasteiger charge is 2.55. The number of carbonyl (C=O) groups is 2. The molecule has 8 heteroatoms. The Morgan fingerprint density at radius 1 is 0.912 bits per heavy atom. The van der Waals surface area contributed by atoms with E-state index >= 15 is 0 Å². The third-order valence-electron chi connectivity index (χ3n) is 5.44. The number of hydrogen-bond acceptors (Lipinski definition) is 7. The molecule has 1 rings (SSSR count). The van der Waals surface area contributed by atoms with E-state index in [1.807, 2.05) is 6.07 Å². The fourth-order valence-electron chi connectivity index (χ4n) is 4.14. The van der Waals surface area contributed by atoms with Crippen LogP contribution in [0.5, 0.6) is 0 Å². The van der Waals surface area contributed by atoms with Gasteiger partial charge in [0.1, 0.15) is 0 Å². The summed E-state index contributed by atoms with van der Waals surface area (Å²) in [6.45, 7) is 16.8. The molecule has 194 valence electrons. The number of aryl methyl sites for hydroxylation is 1. The molecule has 0 radical (unpaired) electrons. The van der Waals surface area contributed by atoms with Crippen LogP contribution in [-0.4, -0.2) is 55.2 Å². The third-order valence-corrected chi connectivity index (χ3v) is 9.86. The Hall–Kier alpha value is -0.963. The van der Waals surface area contributed by atoms with Crippen LogP contribution < -0.4 is 0 Å². The molecule has 0 unspecified atom stereocenters. The zero-order chi connectivity index (χ0) is 25.8. The van der Waals surface area contributed by atoms with Gasteiger partial charge in [-0.05, 0) is 63.4 Å². The Morgan fingerprint density at radius 2 is 1.41 bits per heavy atom. The second-order valence-electron chi connectivity index (χ2n) is 9.11. The number of carbonyl (C=O) groups excluding carboxylic acids is 2. The first kappa shape index (κ1) is 31.1. The van der Waals surface area contributed by atoms with Crippen LogP contribution in [0.3, 0.4) is 0 Å². The molecule has 0 heterocycles. The Bertz CT molecular complexity index is 714. The molecule has 0 spiro atoms. The van der Waals surface area contributed by atoms with Crippen molar-refractivity contribution in [1.82, 2.24) is 0 Å². The highest BCUT2D eigenvalue weighted by molar-refractivity contribution is 8.18. The lowest BCUT2D eigenvalue weighted by atomic mass is 9.87. The minimum atomic E-state index is -1.92. The molecule has 0 saturated carbocycles. The number of esters is 2. The number of hydrogen-bond donors (Lipinski definition) is 0. The van der Waals surface area contributed by atoms with E-state index in [2.05, 4.69) is 64.7 Å². The highest BCUT2D eigenvalue weighted by atomic mass is 32.2. The summed E-state index contributed by atoms with van der Waals surface area (Å²) in [6, 6.07) is 10.4. The van der Waals surface area contributed by atoms with Crippen LogP contribution in [0, 0.1) is 11.8 Å². The lowest BCUT2D eigenvalue weighted by Crippen LogP contribution is -2.53. The molecule has 0 bridgehead atoms. The van der Waals surface area contributed by atoms with Crippen molar-refractivity contribution in [2.75, 3.05) is 24.7 Å². The summed E-state index contributed by atoms with van der Waals surface area (Å²) in [5, 5.41) is 0. The molecule has 0 aromatic heterocycles. The van der Waals surface area contributed by atoms with Gasteiger partial charge in [-0.2, -0.15) is 0 Å². The molecular weight excluding hydrogens is 485 g/mol. The van der Waals surface area contributed by atoms with Crippen molar-refractivity contribution in [2.24, 2.45) is 11.8 Å². The molecule has 0 N–H and O–H groups in total. The van der Waals surface area contributed by atoms with Crippen LogP contribution >= 0.6 is 23.5 Å². The van der Waals surface area contributed by atoms with Crippen molar-refractivity contribution in [3.8, 4) is 0 Å². The predicted molar refractivity (Wildman–Crippen MR) is 148 cm³/mol. The summed E-state index contributed by atoms with van der Waals surface area (Å²) < 4.78 is 16.9. The first-order valence-corrected chi connectivity index (χ1v) is 17.8. The van der Waals surface area contributed by atoms with E-state index in [1.165, 1.54) is 5.56 Å². The summed E-state index contributed by atoms with van der Waals surface area (Å²) in [5.41, 5.74) is 1.25. The van der Waals surface area contributed by atoms with Crippen molar-refractivity contribution < 1.29 is 23.5 Å². The number of rotatable bonds is 16. The zero-order valence-electron chi connectivity index (χ0n) is 22.2. The molecule has 34 heavy (non-hydrogen) atoms. The topological polar surface area (TPSA) is 61.8 Å². The fraction of sp³-hybridized carbons (Fsp3) is 0.692. The second-order valence-corrected chi connectivity index (χ2v) is 16.9. The van der Waals surface area contributed by atoms with Gasteiger partial charge in [0.15, 0.2) is 14.2 Å². The number of benzene rings is 1. The van der Waals surface area contributed by atoms with Crippen LogP contribution in [0.1, 0.15) is 46.6 Å². The van der Waals surface area contributed by atoms with Gasteiger partial charge in [-0.1, -0.05) is 51.1 Å². The summed E-state index contributed by atoms with van der Waals surface area (Å²) in [6.07, 6.45) is 1.56. The summed E-state index contributed by atoms with van der Waals surface area (Å²) in [5.74, 6) is -0.636. The maximum Gasteiger partial charge on any atom is 0.322 e. The van der Waals surface area contributed by atoms with Gasteiger partial charge in [-0.3, -0.25) is 9.59 Å². The quantitative estimate of drug-likeness (QED) is 0.106. The summed E-state index contributed by atoms with van der Waals surface area (Å²) in [7, 11) is -1.92. The van der Waals surface area contributed by atoms with E-state index < -0.39 is 30.3 Å². The van der Waals surface area contributed by atoms with Crippen LogP contribution in [0.15, 0.2) is 30.3 Å². The molecule has 1 aromatic rings. The van der Waals surface area contributed by atoms with Gasteiger partial charge in [-0.15, -0.1) is 23.5 Å². The molecule has 0 amide bonds. The Kier molecular flexibility index (Phi) is 13.9. The minimum absolute atomic E-state index is 0.100. The Labute approximate surface area is 216 Å². The van der Waals surface area contributed by atoms with Gasteiger partial charge >= 0.3 is 11.9 Å². The standard InChI is InChI=1S/C26H44O5S2Si/c1-9-29-24(27)23(25(28)30-10-2)26(32-11-3,33-12-4)20(5)22(31-34(6,7)8)19-18-21-16-14-13-15-17-21/h13-17,20,22-23H,9-12,18-19H2,1-8H3/t20-,22-/m1/s1. The Balaban J connectivity index is 3.52. The third kappa shape index (κ3) is 9.24. The maximum absolute atomic E-state index is 13.3. The molecule has 0 aliphatic carbocycles. The van der Waals surface area contributed by atoms with E-state index in [0.29, 0.717) is 0 Å². The average Bonchev–Trinajstić information content (AvgIpc) is 2.77. The molecule has 0 fully saturated rings. The zero-order valence-corrected chi connectivity index (χ0v) is 24.9. The first-order valence-electron chi connectivity index (χ1n) is 12.4. The largest absolute Gasteiger partial charge is 0.465 e. The van der Waals surface area contributed by atoms with Gasteiger partial charge in [0.2, 0.25) is 0 Å². The smallest absolute Gasteiger partial charge is 0.322 e. The SMILES string of the molecule is CCOC(=O)C(C(=O)OCC)C(SCC)(SCC)[C@H](C)[C@@H](CCc1ccccc1)O[Si](C)(C)C. The van der Waals surface area contributed by atoms with Gasteiger partial charge < -0.3 is 13.9 Å². The molecule has 1 aromatic carbocycles. The van der Waals surface area contributed by atoms with Gasteiger partial charge in [0.25, 0.3) is 0 Å². The van der Waals surface area contributed by atoms with Crippen LogP contribution in [0.25, 0.3) is 0 Å². The van der Waals surface area contributed by atoms with Gasteiger partial charge in [-0.25, -0.2) is 0 Å². The maximum atomic E-state index is 13.3. The molecule has 0 saturated heterocycles. The van der Waals surface area contributed by atoms with E-state index in [9.17, 15) is 9.59 Å². The molecule has 5 nitrogen and oxygen atoms in total. The van der Waals surface area contributed by atoms with Crippen molar-refractivity contribution in [2.45, 2.75) is 77.3 Å². The Morgan fingerprint density at radius 3 is 1.82 bits per heavy atom. The molecule has 0 aliphatic rings. The van der Waals surface area contributed by atoms with Crippen molar-refractivity contribution in [3.05, 3.63) is 35.9 Å². The monoisotopic (exact) mass is 528 g/mol. The van der Waals surface area contributed by atoms with E-state index in [0.717, 1.165) is 24.3 Å². The molecular formula is C26H44O5S2Si. The van der Waals surface area contributed by atoms with E-state index in [1.54, 1.807) is 37.4 Å². The highest BCUT2D eigenvalue weighted by Crippen LogP contribution is 2.52. The second kappa shape index (κ2) is 15.2. The first-order chi connectivity index (χ1) is 16.1. The lowest BCUT2D eigenvalue weighted by Gasteiger charge is -2.45. The van der Waals surface area contributed by atoms with Crippen LogP contribution in [0.4, 0.5) is 0 Å². The normalized spacial score (nSPS) is 14.0. The summed E-state index contributed by atoms with van der Waals surface area (Å²) in [4.78, 5) is 26.5. The van der Waals surface area contributed by atoms with Gasteiger partial charge in [0, 0.05) is 5.92 Å². The van der Waals surface area contributed by atoms with Crippen molar-refractivity contribution in [1.29, 1.82) is 0 Å². The van der Waals surface area contributed by atoms with Crippen LogP contribution in [-0.2, 0) is 29.9 Å². The van der Waals surface area contributed by atoms with Crippen molar-refractivity contribution in [3.63, 3.8) is 0 Å². The minimum Gasteiger partial charge on any atom is -0.465 e. The van der Waals surface area contributed by atoms with E-state index in [4.69, 9.17) is 13.9 Å². The van der Waals surface area contributed by atoms with E-state index in [-0.39, 0.29) is 25.2 Å². The molecule has 2 atom stereocenters. The predicted octanol–water partition coefficient (Wildman–Crippen LogP) is 6.42. The van der Waals surface area contributed by atoms with Gasteiger partial charge in [0.05, 0.1) is 23.4 Å². The van der Waals surface area contributed by atoms with Crippen LogP contribution in [0.2, 0.25) is 19.6 Å². The lowest BCUT2D eigenvalue weighted by molar-refractivity contribution is -0.163.